The van der Waals surface area contributed by atoms with E-state index in [1.165, 1.54) is 36.4 Å². The maximum atomic E-state index is 12.2. The average Bonchev–Trinajstić information content (AvgIpc) is 2.61. The maximum Gasteiger partial charge on any atom is 0.338 e. The number of rotatable bonds is 7. The predicted octanol–water partition coefficient (Wildman–Crippen LogP) is 3.81. The molecule has 144 valence electrons. The Labute approximate surface area is 162 Å². The summed E-state index contributed by atoms with van der Waals surface area (Å²) in [5.74, 6) is -0.517. The lowest BCUT2D eigenvalue weighted by molar-refractivity contribution is 0.0499. The van der Waals surface area contributed by atoms with Crippen molar-refractivity contribution in [2.24, 2.45) is 0 Å². The molecule has 0 radical (unpaired) electrons. The third kappa shape index (κ3) is 5.97. The van der Waals surface area contributed by atoms with Crippen LogP contribution in [0.25, 0.3) is 0 Å². The van der Waals surface area contributed by atoms with Crippen LogP contribution in [0.2, 0.25) is 5.02 Å². The standard InChI is InChI=1S/C18H19ClN2O5S/c1-2-3-11-26-17(22)13-7-6-8-14(12-13)20-18(23)21-27(24,25)16-10-5-4-9-15(16)19/h4-10,12H,2-3,11H2,1H3,(H2,20,21,23). The molecule has 0 spiro atoms. The van der Waals surface area contributed by atoms with E-state index in [-0.39, 0.29) is 21.2 Å². The third-order valence-electron chi connectivity index (χ3n) is 3.44. The number of sulfonamides is 1. The van der Waals surface area contributed by atoms with Gasteiger partial charge < -0.3 is 10.1 Å². The first kappa shape index (κ1) is 20.7. The maximum absolute atomic E-state index is 12.2. The van der Waals surface area contributed by atoms with Crippen LogP contribution in [0.5, 0.6) is 0 Å². The molecule has 0 saturated carbocycles. The number of hydrogen-bond acceptors (Lipinski definition) is 5. The van der Waals surface area contributed by atoms with Crippen LogP contribution in [0.15, 0.2) is 53.4 Å². The zero-order valence-corrected chi connectivity index (χ0v) is 16.1. The lowest BCUT2D eigenvalue weighted by atomic mass is 10.2. The largest absolute Gasteiger partial charge is 0.462 e. The van der Waals surface area contributed by atoms with E-state index in [1.807, 2.05) is 11.6 Å². The summed E-state index contributed by atoms with van der Waals surface area (Å²) in [5, 5.41) is 2.36. The van der Waals surface area contributed by atoms with E-state index in [2.05, 4.69) is 5.32 Å². The molecule has 9 heteroatoms. The Morgan fingerprint density at radius 3 is 2.56 bits per heavy atom. The quantitative estimate of drug-likeness (QED) is 0.533. The van der Waals surface area contributed by atoms with Crippen molar-refractivity contribution in [3.8, 4) is 0 Å². The minimum atomic E-state index is -4.14. The van der Waals surface area contributed by atoms with Gasteiger partial charge in [0, 0.05) is 5.69 Å². The molecule has 0 atom stereocenters. The molecule has 0 saturated heterocycles. The summed E-state index contributed by atoms with van der Waals surface area (Å²) >= 11 is 5.86. The second-order valence-electron chi connectivity index (χ2n) is 5.56. The third-order valence-corrected chi connectivity index (χ3v) is 5.27. The summed E-state index contributed by atoms with van der Waals surface area (Å²) in [7, 11) is -4.14. The van der Waals surface area contributed by atoms with Gasteiger partial charge in [-0.3, -0.25) is 0 Å². The normalized spacial score (nSPS) is 10.9. The smallest absolute Gasteiger partial charge is 0.338 e. The monoisotopic (exact) mass is 410 g/mol. The number of benzene rings is 2. The molecule has 0 aliphatic rings. The highest BCUT2D eigenvalue weighted by Gasteiger charge is 2.20. The molecular formula is C18H19ClN2O5S. The van der Waals surface area contributed by atoms with E-state index in [1.54, 1.807) is 12.1 Å². The molecule has 0 aliphatic carbocycles. The van der Waals surface area contributed by atoms with Crippen LogP contribution >= 0.6 is 11.6 Å². The molecular weight excluding hydrogens is 392 g/mol. The van der Waals surface area contributed by atoms with Gasteiger partial charge in [-0.15, -0.1) is 0 Å². The number of carbonyl (C=O) groups excluding carboxylic acids is 2. The van der Waals surface area contributed by atoms with Gasteiger partial charge >= 0.3 is 12.0 Å². The average molecular weight is 411 g/mol. The van der Waals surface area contributed by atoms with Gasteiger partial charge in [-0.2, -0.15) is 0 Å². The summed E-state index contributed by atoms with van der Waals surface area (Å²) in [6.45, 7) is 2.29. The van der Waals surface area contributed by atoms with Gasteiger partial charge in [-0.05, 0) is 36.8 Å². The predicted molar refractivity (Wildman–Crippen MR) is 102 cm³/mol. The molecule has 2 amide bonds. The van der Waals surface area contributed by atoms with Crippen LogP contribution in [0.1, 0.15) is 30.1 Å². The Balaban J connectivity index is 2.05. The van der Waals surface area contributed by atoms with Crippen molar-refractivity contribution in [2.75, 3.05) is 11.9 Å². The van der Waals surface area contributed by atoms with E-state index >= 15 is 0 Å². The number of unbranched alkanes of at least 4 members (excludes halogenated alkanes) is 1. The number of urea groups is 1. The first-order valence-corrected chi connectivity index (χ1v) is 10.0. The molecule has 0 heterocycles. The Morgan fingerprint density at radius 2 is 1.85 bits per heavy atom. The number of amides is 2. The van der Waals surface area contributed by atoms with Gasteiger partial charge in [-0.25, -0.2) is 22.7 Å². The fourth-order valence-electron chi connectivity index (χ4n) is 2.11. The van der Waals surface area contributed by atoms with Gasteiger partial charge in [-0.1, -0.05) is 43.1 Å². The van der Waals surface area contributed by atoms with Crippen molar-refractivity contribution in [2.45, 2.75) is 24.7 Å². The molecule has 27 heavy (non-hydrogen) atoms. The molecule has 2 aromatic rings. The molecule has 0 aromatic heterocycles. The van der Waals surface area contributed by atoms with E-state index in [9.17, 15) is 18.0 Å². The Morgan fingerprint density at radius 1 is 1.11 bits per heavy atom. The van der Waals surface area contributed by atoms with Crippen molar-refractivity contribution >= 4 is 39.3 Å². The first-order chi connectivity index (χ1) is 12.8. The molecule has 0 bridgehead atoms. The van der Waals surface area contributed by atoms with Crippen molar-refractivity contribution in [1.82, 2.24) is 4.72 Å². The van der Waals surface area contributed by atoms with Gasteiger partial charge in [0.1, 0.15) is 4.90 Å². The molecule has 2 N–H and O–H groups in total. The molecule has 0 fully saturated rings. The van der Waals surface area contributed by atoms with Crippen LogP contribution in [-0.2, 0) is 14.8 Å². The second-order valence-corrected chi connectivity index (χ2v) is 7.62. The highest BCUT2D eigenvalue weighted by atomic mass is 35.5. The minimum Gasteiger partial charge on any atom is -0.462 e. The van der Waals surface area contributed by atoms with Gasteiger partial charge in [0.15, 0.2) is 0 Å². The van der Waals surface area contributed by atoms with E-state index in [0.717, 1.165) is 12.8 Å². The number of esters is 1. The zero-order valence-electron chi connectivity index (χ0n) is 14.6. The topological polar surface area (TPSA) is 102 Å². The summed E-state index contributed by atoms with van der Waals surface area (Å²) in [5.41, 5.74) is 0.490. The van der Waals surface area contributed by atoms with E-state index in [4.69, 9.17) is 16.3 Å². The Kier molecular flexibility index (Phi) is 7.20. The van der Waals surface area contributed by atoms with Gasteiger partial charge in [0.2, 0.25) is 0 Å². The number of ether oxygens (including phenoxy) is 1. The molecule has 2 rings (SSSR count). The van der Waals surface area contributed by atoms with Crippen molar-refractivity contribution in [3.05, 3.63) is 59.1 Å². The zero-order chi connectivity index (χ0) is 19.9. The number of carbonyl (C=O) groups is 2. The second kappa shape index (κ2) is 9.38. The summed E-state index contributed by atoms with van der Waals surface area (Å²) < 4.78 is 31.5. The van der Waals surface area contributed by atoms with Crippen molar-refractivity contribution in [1.29, 1.82) is 0 Å². The lowest BCUT2D eigenvalue weighted by Crippen LogP contribution is -2.34. The highest BCUT2D eigenvalue weighted by Crippen LogP contribution is 2.20. The molecule has 0 aliphatic heterocycles. The first-order valence-electron chi connectivity index (χ1n) is 8.19. The van der Waals surface area contributed by atoms with Crippen molar-refractivity contribution in [3.63, 3.8) is 0 Å². The summed E-state index contributed by atoms with van der Waals surface area (Å²) in [4.78, 5) is 23.8. The minimum absolute atomic E-state index is 0.00498. The molecule has 7 nitrogen and oxygen atoms in total. The van der Waals surface area contributed by atoms with Gasteiger partial charge in [0.25, 0.3) is 10.0 Å². The molecule has 0 unspecified atom stereocenters. The number of nitrogens with one attached hydrogen (secondary N) is 2. The Bertz CT molecular complexity index is 931. The van der Waals surface area contributed by atoms with Crippen LogP contribution in [0.4, 0.5) is 10.5 Å². The van der Waals surface area contributed by atoms with E-state index in [0.29, 0.717) is 6.61 Å². The van der Waals surface area contributed by atoms with E-state index < -0.39 is 22.0 Å². The number of halogens is 1. The summed E-state index contributed by atoms with van der Waals surface area (Å²) in [6, 6.07) is 10.8. The van der Waals surface area contributed by atoms with Crippen LogP contribution in [0, 0.1) is 0 Å². The number of anilines is 1. The molecule has 2 aromatic carbocycles. The fourth-order valence-corrected chi connectivity index (χ4v) is 3.54. The van der Waals surface area contributed by atoms with Crippen LogP contribution in [0.3, 0.4) is 0 Å². The SMILES string of the molecule is CCCCOC(=O)c1cccc(NC(=O)NS(=O)(=O)c2ccccc2Cl)c1. The highest BCUT2D eigenvalue weighted by molar-refractivity contribution is 7.90. The van der Waals surface area contributed by atoms with Crippen molar-refractivity contribution < 1.29 is 22.7 Å². The van der Waals surface area contributed by atoms with Crippen LogP contribution in [-0.4, -0.2) is 27.0 Å². The number of hydrogen-bond donors (Lipinski definition) is 2. The van der Waals surface area contributed by atoms with Crippen LogP contribution < -0.4 is 10.0 Å². The summed E-state index contributed by atoms with van der Waals surface area (Å²) in [6.07, 6.45) is 1.65. The Hall–Kier alpha value is -2.58. The fraction of sp³-hybridized carbons (Fsp3) is 0.222. The van der Waals surface area contributed by atoms with Gasteiger partial charge in [0.05, 0.1) is 17.2 Å². The lowest BCUT2D eigenvalue weighted by Gasteiger charge is -2.10.